The summed E-state index contributed by atoms with van der Waals surface area (Å²) < 4.78 is 5.13. The molecule has 1 aromatic carbocycles. The van der Waals surface area contributed by atoms with Gasteiger partial charge in [-0.25, -0.2) is 4.98 Å². The van der Waals surface area contributed by atoms with Gasteiger partial charge in [0.25, 0.3) is 0 Å². The standard InChI is InChI=1S/C10H12N2O3/c13-5-8(14)4-11-7-1-2-9-10(3-7)15-6-12-9/h1-3,6,8,11,13-14H,4-5H2. The average Bonchev–Trinajstić information content (AvgIpc) is 2.72. The first kappa shape index (κ1) is 9.95. The van der Waals surface area contributed by atoms with E-state index in [9.17, 15) is 0 Å². The smallest absolute Gasteiger partial charge is 0.181 e. The van der Waals surface area contributed by atoms with E-state index in [0.29, 0.717) is 12.1 Å². The first-order valence-electron chi connectivity index (χ1n) is 4.65. The summed E-state index contributed by atoms with van der Waals surface area (Å²) in [5.41, 5.74) is 2.31. The van der Waals surface area contributed by atoms with E-state index >= 15 is 0 Å². The lowest BCUT2D eigenvalue weighted by Gasteiger charge is -2.09. The Kier molecular flexibility index (Phi) is 2.84. The van der Waals surface area contributed by atoms with E-state index in [2.05, 4.69) is 10.3 Å². The van der Waals surface area contributed by atoms with Gasteiger partial charge in [-0.3, -0.25) is 0 Å². The van der Waals surface area contributed by atoms with Gasteiger partial charge in [-0.05, 0) is 12.1 Å². The van der Waals surface area contributed by atoms with Crippen LogP contribution >= 0.6 is 0 Å². The Hall–Kier alpha value is -1.59. The lowest BCUT2D eigenvalue weighted by atomic mass is 10.2. The fourth-order valence-electron chi connectivity index (χ4n) is 1.27. The van der Waals surface area contributed by atoms with E-state index in [4.69, 9.17) is 14.6 Å². The molecule has 3 N–H and O–H groups in total. The largest absolute Gasteiger partial charge is 0.443 e. The number of aromatic nitrogens is 1. The summed E-state index contributed by atoms with van der Waals surface area (Å²) in [5, 5.41) is 20.8. The molecule has 0 amide bonds. The van der Waals surface area contributed by atoms with E-state index in [1.807, 2.05) is 12.1 Å². The van der Waals surface area contributed by atoms with Crippen LogP contribution < -0.4 is 5.32 Å². The first-order valence-corrected chi connectivity index (χ1v) is 4.65. The average molecular weight is 208 g/mol. The molecule has 15 heavy (non-hydrogen) atoms. The summed E-state index contributed by atoms with van der Waals surface area (Å²) in [7, 11) is 0. The first-order chi connectivity index (χ1) is 7.29. The fraction of sp³-hybridized carbons (Fsp3) is 0.300. The van der Waals surface area contributed by atoms with Gasteiger partial charge >= 0.3 is 0 Å². The maximum atomic E-state index is 9.14. The zero-order valence-corrected chi connectivity index (χ0v) is 8.05. The Morgan fingerprint density at radius 3 is 3.13 bits per heavy atom. The Morgan fingerprint density at radius 1 is 1.47 bits per heavy atom. The SMILES string of the molecule is OCC(O)CNc1ccc2ncoc2c1. The highest BCUT2D eigenvalue weighted by Gasteiger charge is 2.03. The number of hydrogen-bond donors (Lipinski definition) is 3. The summed E-state index contributed by atoms with van der Waals surface area (Å²) >= 11 is 0. The van der Waals surface area contributed by atoms with E-state index in [0.717, 1.165) is 11.2 Å². The maximum absolute atomic E-state index is 9.14. The van der Waals surface area contributed by atoms with Crippen molar-refractivity contribution in [3.63, 3.8) is 0 Å². The van der Waals surface area contributed by atoms with Crippen molar-refractivity contribution in [1.82, 2.24) is 4.98 Å². The Bertz CT molecular complexity index is 441. The van der Waals surface area contributed by atoms with Crippen LogP contribution in [0.15, 0.2) is 29.0 Å². The van der Waals surface area contributed by atoms with Crippen LogP contribution in [0.2, 0.25) is 0 Å². The van der Waals surface area contributed by atoms with Gasteiger partial charge in [0.05, 0.1) is 12.7 Å². The van der Waals surface area contributed by atoms with E-state index in [1.54, 1.807) is 6.07 Å². The molecule has 0 saturated heterocycles. The van der Waals surface area contributed by atoms with Crippen LogP contribution in [0.5, 0.6) is 0 Å². The van der Waals surface area contributed by atoms with E-state index in [-0.39, 0.29) is 6.61 Å². The molecule has 1 heterocycles. The maximum Gasteiger partial charge on any atom is 0.181 e. The van der Waals surface area contributed by atoms with Crippen molar-refractivity contribution >= 4 is 16.8 Å². The highest BCUT2D eigenvalue weighted by molar-refractivity contribution is 5.76. The molecule has 0 bridgehead atoms. The number of anilines is 1. The van der Waals surface area contributed by atoms with Crippen molar-refractivity contribution in [2.75, 3.05) is 18.5 Å². The number of hydrogen-bond acceptors (Lipinski definition) is 5. The second-order valence-electron chi connectivity index (χ2n) is 3.25. The van der Waals surface area contributed by atoms with Gasteiger partial charge in [0, 0.05) is 18.3 Å². The molecule has 0 aliphatic carbocycles. The number of benzene rings is 1. The minimum Gasteiger partial charge on any atom is -0.443 e. The van der Waals surface area contributed by atoms with Crippen molar-refractivity contribution in [2.45, 2.75) is 6.10 Å². The lowest BCUT2D eigenvalue weighted by Crippen LogP contribution is -2.22. The molecule has 2 aromatic rings. The Labute approximate surface area is 86.4 Å². The third-order valence-electron chi connectivity index (χ3n) is 2.08. The van der Waals surface area contributed by atoms with Crippen molar-refractivity contribution < 1.29 is 14.6 Å². The van der Waals surface area contributed by atoms with Crippen molar-refractivity contribution in [2.24, 2.45) is 0 Å². The normalized spacial score (nSPS) is 12.9. The highest BCUT2D eigenvalue weighted by atomic mass is 16.3. The number of aliphatic hydroxyl groups is 2. The van der Waals surface area contributed by atoms with Crippen LogP contribution in [0.4, 0.5) is 5.69 Å². The number of fused-ring (bicyclic) bond motifs is 1. The predicted octanol–water partition coefficient (Wildman–Crippen LogP) is 0.593. The number of nitrogens with zero attached hydrogens (tertiary/aromatic N) is 1. The molecule has 1 unspecified atom stereocenters. The van der Waals surface area contributed by atoms with Crippen LogP contribution in [-0.2, 0) is 0 Å². The van der Waals surface area contributed by atoms with Gasteiger partial charge in [-0.2, -0.15) is 0 Å². The van der Waals surface area contributed by atoms with Gasteiger partial charge in [-0.15, -0.1) is 0 Å². The molecule has 5 nitrogen and oxygen atoms in total. The zero-order chi connectivity index (χ0) is 10.7. The third-order valence-corrected chi connectivity index (χ3v) is 2.08. The van der Waals surface area contributed by atoms with Crippen LogP contribution in [0.25, 0.3) is 11.1 Å². The summed E-state index contributed by atoms with van der Waals surface area (Å²) in [6.07, 6.45) is 0.632. The van der Waals surface area contributed by atoms with Crippen molar-refractivity contribution in [1.29, 1.82) is 0 Å². The topological polar surface area (TPSA) is 78.5 Å². The molecule has 2 rings (SSSR count). The molecule has 1 aromatic heterocycles. The molecular weight excluding hydrogens is 196 g/mol. The molecule has 80 valence electrons. The molecule has 0 spiro atoms. The fourth-order valence-corrected chi connectivity index (χ4v) is 1.27. The second kappa shape index (κ2) is 4.29. The number of oxazole rings is 1. The van der Waals surface area contributed by atoms with Gasteiger partial charge in [0.1, 0.15) is 5.52 Å². The van der Waals surface area contributed by atoms with Gasteiger partial charge in [-0.1, -0.05) is 0 Å². The molecule has 1 atom stereocenters. The van der Waals surface area contributed by atoms with Gasteiger partial charge in [0.2, 0.25) is 0 Å². The lowest BCUT2D eigenvalue weighted by molar-refractivity contribution is 0.105. The third kappa shape index (κ3) is 2.26. The number of rotatable bonds is 4. The Morgan fingerprint density at radius 2 is 2.33 bits per heavy atom. The summed E-state index contributed by atoms with van der Waals surface area (Å²) in [4.78, 5) is 3.99. The number of aliphatic hydroxyl groups excluding tert-OH is 2. The van der Waals surface area contributed by atoms with E-state index in [1.165, 1.54) is 6.39 Å². The van der Waals surface area contributed by atoms with Gasteiger partial charge < -0.3 is 19.9 Å². The van der Waals surface area contributed by atoms with Crippen molar-refractivity contribution in [3.8, 4) is 0 Å². The van der Waals surface area contributed by atoms with E-state index < -0.39 is 6.10 Å². The Balaban J connectivity index is 2.08. The summed E-state index contributed by atoms with van der Waals surface area (Å²) in [6.45, 7) is 0.0493. The molecule has 0 saturated carbocycles. The quantitative estimate of drug-likeness (QED) is 0.685. The molecule has 0 fully saturated rings. The zero-order valence-electron chi connectivity index (χ0n) is 8.05. The highest BCUT2D eigenvalue weighted by Crippen LogP contribution is 2.17. The molecule has 0 aliphatic rings. The summed E-state index contributed by atoms with van der Waals surface area (Å²) in [6, 6.07) is 5.47. The predicted molar refractivity (Wildman–Crippen MR) is 55.6 cm³/mol. The van der Waals surface area contributed by atoms with Gasteiger partial charge in [0.15, 0.2) is 12.0 Å². The monoisotopic (exact) mass is 208 g/mol. The minimum absolute atomic E-state index is 0.252. The van der Waals surface area contributed by atoms with Crippen LogP contribution in [0.3, 0.4) is 0 Å². The molecule has 0 radical (unpaired) electrons. The number of nitrogens with one attached hydrogen (secondary N) is 1. The minimum atomic E-state index is -0.754. The molecule has 5 heteroatoms. The van der Waals surface area contributed by atoms with Crippen LogP contribution in [-0.4, -0.2) is 34.5 Å². The second-order valence-corrected chi connectivity index (χ2v) is 3.25. The van der Waals surface area contributed by atoms with Crippen LogP contribution in [0.1, 0.15) is 0 Å². The van der Waals surface area contributed by atoms with Crippen molar-refractivity contribution in [3.05, 3.63) is 24.6 Å². The molecular formula is C10H12N2O3. The molecule has 0 aliphatic heterocycles. The summed E-state index contributed by atoms with van der Waals surface area (Å²) in [5.74, 6) is 0. The van der Waals surface area contributed by atoms with Crippen LogP contribution in [0, 0.1) is 0 Å².